The van der Waals surface area contributed by atoms with Crippen LogP contribution < -0.4 is 0 Å². The Morgan fingerprint density at radius 3 is 1.27 bits per heavy atom. The molecule has 15 heavy (non-hydrogen) atoms. The molecule has 2 aliphatic rings. The lowest BCUT2D eigenvalue weighted by molar-refractivity contribution is 0.0245. The Balaban J connectivity index is 2.28. The van der Waals surface area contributed by atoms with E-state index in [1.54, 1.807) is 0 Å². The molecule has 4 atom stereocenters. The molecule has 2 rings (SSSR count). The minimum Gasteiger partial charge on any atom is -0.0599 e. The fourth-order valence-corrected chi connectivity index (χ4v) is 4.78. The summed E-state index contributed by atoms with van der Waals surface area (Å²) in [5.41, 5.74) is 1.02. The second kappa shape index (κ2) is 3.25. The van der Waals surface area contributed by atoms with Gasteiger partial charge in [0.15, 0.2) is 0 Å². The first-order chi connectivity index (χ1) is 6.71. The van der Waals surface area contributed by atoms with E-state index in [0.717, 1.165) is 23.7 Å². The number of hydrogen-bond acceptors (Lipinski definition) is 0. The van der Waals surface area contributed by atoms with Crippen molar-refractivity contribution in [3.8, 4) is 0 Å². The smallest absolute Gasteiger partial charge is 0.0301 e. The largest absolute Gasteiger partial charge is 0.0599 e. The highest BCUT2D eigenvalue weighted by Crippen LogP contribution is 2.62. The van der Waals surface area contributed by atoms with Crippen LogP contribution >= 0.6 is 0 Å². The van der Waals surface area contributed by atoms with Gasteiger partial charge in [-0.25, -0.2) is 0 Å². The zero-order valence-electron chi connectivity index (χ0n) is 11.4. The zero-order chi connectivity index (χ0) is 11.4. The highest BCUT2D eigenvalue weighted by molar-refractivity contribution is 5.03. The first kappa shape index (κ1) is 11.5. The minimum absolute atomic E-state index is 0.512. The predicted molar refractivity (Wildman–Crippen MR) is 66.7 cm³/mol. The average Bonchev–Trinajstić information content (AvgIpc) is 2.56. The third kappa shape index (κ3) is 1.85. The van der Waals surface area contributed by atoms with E-state index in [1.807, 2.05) is 0 Å². The number of rotatable bonds is 0. The van der Waals surface area contributed by atoms with Gasteiger partial charge in [-0.15, -0.1) is 0 Å². The van der Waals surface area contributed by atoms with Gasteiger partial charge in [-0.05, 0) is 53.8 Å². The van der Waals surface area contributed by atoms with E-state index in [-0.39, 0.29) is 0 Å². The Morgan fingerprint density at radius 2 is 1.00 bits per heavy atom. The molecule has 0 nitrogen and oxygen atoms in total. The molecule has 2 bridgehead atoms. The van der Waals surface area contributed by atoms with E-state index >= 15 is 0 Å². The molecule has 2 aliphatic carbocycles. The van der Waals surface area contributed by atoms with Crippen LogP contribution in [0.25, 0.3) is 0 Å². The van der Waals surface area contributed by atoms with Crippen molar-refractivity contribution in [1.82, 2.24) is 0 Å². The summed E-state index contributed by atoms with van der Waals surface area (Å²) in [4.78, 5) is 0. The molecular formula is C15H28. The fraction of sp³-hybridized carbons (Fsp3) is 1.00. The lowest BCUT2D eigenvalue weighted by Gasteiger charge is -2.46. The monoisotopic (exact) mass is 208 g/mol. The van der Waals surface area contributed by atoms with Crippen molar-refractivity contribution in [2.45, 2.75) is 60.8 Å². The van der Waals surface area contributed by atoms with Gasteiger partial charge in [0, 0.05) is 0 Å². The van der Waals surface area contributed by atoms with Crippen LogP contribution in [0.1, 0.15) is 60.8 Å². The number of hydrogen-bond donors (Lipinski definition) is 0. The van der Waals surface area contributed by atoms with Gasteiger partial charge in [0.25, 0.3) is 0 Å². The van der Waals surface area contributed by atoms with E-state index in [4.69, 9.17) is 0 Å². The molecule has 0 spiro atoms. The van der Waals surface area contributed by atoms with Crippen LogP contribution in [0.5, 0.6) is 0 Å². The lowest BCUT2D eigenvalue weighted by Crippen LogP contribution is -2.39. The zero-order valence-corrected chi connectivity index (χ0v) is 11.4. The van der Waals surface area contributed by atoms with E-state index in [0.29, 0.717) is 10.8 Å². The maximum atomic E-state index is 2.46. The molecule has 0 heterocycles. The highest BCUT2D eigenvalue weighted by Gasteiger charge is 2.54. The van der Waals surface area contributed by atoms with Crippen LogP contribution in [0, 0.1) is 34.5 Å². The molecule has 2 saturated carbocycles. The van der Waals surface area contributed by atoms with Gasteiger partial charge >= 0.3 is 0 Å². The van der Waals surface area contributed by atoms with Crippen LogP contribution in [-0.2, 0) is 0 Å². The van der Waals surface area contributed by atoms with Crippen molar-refractivity contribution >= 4 is 0 Å². The Morgan fingerprint density at radius 1 is 0.667 bits per heavy atom. The second-order valence-corrected chi connectivity index (χ2v) is 8.12. The summed E-state index contributed by atoms with van der Waals surface area (Å²) < 4.78 is 0. The third-order valence-electron chi connectivity index (χ3n) is 4.92. The van der Waals surface area contributed by atoms with Crippen molar-refractivity contribution < 1.29 is 0 Å². The molecule has 0 aliphatic heterocycles. The van der Waals surface area contributed by atoms with Crippen molar-refractivity contribution in [1.29, 1.82) is 0 Å². The van der Waals surface area contributed by atoms with Gasteiger partial charge < -0.3 is 0 Å². The van der Waals surface area contributed by atoms with Crippen LogP contribution in [0.4, 0.5) is 0 Å². The van der Waals surface area contributed by atoms with Gasteiger partial charge in [0.1, 0.15) is 0 Å². The molecule has 2 unspecified atom stereocenters. The molecule has 0 aromatic rings. The Kier molecular flexibility index (Phi) is 2.48. The van der Waals surface area contributed by atoms with Crippen molar-refractivity contribution in [3.63, 3.8) is 0 Å². The van der Waals surface area contributed by atoms with E-state index in [1.165, 1.54) is 19.3 Å². The molecule has 0 amide bonds. The van der Waals surface area contributed by atoms with Crippen LogP contribution in [0.15, 0.2) is 0 Å². The maximum Gasteiger partial charge on any atom is -0.0301 e. The molecule has 0 heteroatoms. The Labute approximate surface area is 95.8 Å². The summed E-state index contributed by atoms with van der Waals surface area (Å²) in [7, 11) is 0. The molecule has 0 N–H and O–H groups in total. The van der Waals surface area contributed by atoms with Crippen molar-refractivity contribution in [2.24, 2.45) is 34.5 Å². The van der Waals surface area contributed by atoms with E-state index in [9.17, 15) is 0 Å². The molecule has 0 aromatic heterocycles. The normalized spacial score (nSPS) is 41.2. The molecule has 0 aromatic carbocycles. The van der Waals surface area contributed by atoms with Crippen molar-refractivity contribution in [2.75, 3.05) is 0 Å². The highest BCUT2D eigenvalue weighted by atomic mass is 14.6. The first-order valence-electron chi connectivity index (χ1n) is 6.71. The lowest BCUT2D eigenvalue weighted by atomic mass is 9.59. The minimum atomic E-state index is 0.512. The van der Waals surface area contributed by atoms with Gasteiger partial charge in [0.2, 0.25) is 0 Å². The molecule has 0 radical (unpaired) electrons. The fourth-order valence-electron chi connectivity index (χ4n) is 4.78. The summed E-state index contributed by atoms with van der Waals surface area (Å²) >= 11 is 0. The standard InChI is InChI=1S/C15H28/c1-14(2,3)12-10-7-8-11(9-10)13(12)15(4,5)6/h10-13H,7-9H2,1-6H3/t10?,11?,12-,13-/m0/s1. The van der Waals surface area contributed by atoms with E-state index < -0.39 is 0 Å². The second-order valence-electron chi connectivity index (χ2n) is 8.12. The summed E-state index contributed by atoms with van der Waals surface area (Å²) in [6, 6.07) is 0. The van der Waals surface area contributed by atoms with Gasteiger partial charge in [-0.1, -0.05) is 41.5 Å². The van der Waals surface area contributed by atoms with E-state index in [2.05, 4.69) is 41.5 Å². The van der Waals surface area contributed by atoms with Gasteiger partial charge in [-0.3, -0.25) is 0 Å². The summed E-state index contributed by atoms with van der Waals surface area (Å²) in [5, 5.41) is 0. The SMILES string of the molecule is CC(C)(C)[C@H]1C2CCC(C2)[C@@H]1C(C)(C)C. The number of fused-ring (bicyclic) bond motifs is 2. The summed E-state index contributed by atoms with van der Waals surface area (Å²) in [5.74, 6) is 4.02. The predicted octanol–water partition coefficient (Wildman–Crippen LogP) is 4.74. The quantitative estimate of drug-likeness (QED) is 0.539. The summed E-state index contributed by atoms with van der Waals surface area (Å²) in [6.07, 6.45) is 4.56. The Bertz CT molecular complexity index is 212. The van der Waals surface area contributed by atoms with Crippen LogP contribution in [0.3, 0.4) is 0 Å². The van der Waals surface area contributed by atoms with Crippen LogP contribution in [0.2, 0.25) is 0 Å². The molecule has 2 fully saturated rings. The first-order valence-corrected chi connectivity index (χ1v) is 6.71. The van der Waals surface area contributed by atoms with Gasteiger partial charge in [-0.2, -0.15) is 0 Å². The molecule has 0 saturated heterocycles. The van der Waals surface area contributed by atoms with Crippen LogP contribution in [-0.4, -0.2) is 0 Å². The average molecular weight is 208 g/mol. The maximum absolute atomic E-state index is 2.46. The summed E-state index contributed by atoms with van der Waals surface area (Å²) in [6.45, 7) is 14.7. The molecular weight excluding hydrogens is 180 g/mol. The topological polar surface area (TPSA) is 0 Å². The van der Waals surface area contributed by atoms with Gasteiger partial charge in [0.05, 0.1) is 0 Å². The third-order valence-corrected chi connectivity index (χ3v) is 4.92. The Hall–Kier alpha value is 0. The molecule has 88 valence electrons. The van der Waals surface area contributed by atoms with Crippen molar-refractivity contribution in [3.05, 3.63) is 0 Å².